The number of nitrogens with one attached hydrogen (secondary N) is 2. The summed E-state index contributed by atoms with van der Waals surface area (Å²) < 4.78 is 55.1. The Hall–Kier alpha value is -3.13. The van der Waals surface area contributed by atoms with Gasteiger partial charge in [-0.25, -0.2) is 17.6 Å². The van der Waals surface area contributed by atoms with E-state index in [9.17, 15) is 18.0 Å². The molecular formula is C35H41Cl2FN4O6S. The quantitative estimate of drug-likeness (QED) is 0.248. The van der Waals surface area contributed by atoms with Crippen LogP contribution >= 0.6 is 23.2 Å². The molecule has 14 heteroatoms. The lowest BCUT2D eigenvalue weighted by Crippen LogP contribution is -2.58. The summed E-state index contributed by atoms with van der Waals surface area (Å²) in [6.45, 7) is 3.70. The monoisotopic (exact) mass is 734 g/mol. The number of rotatable bonds is 12. The van der Waals surface area contributed by atoms with Gasteiger partial charge in [-0.3, -0.25) is 9.78 Å². The van der Waals surface area contributed by atoms with Crippen LogP contribution in [0.4, 0.5) is 9.18 Å². The molecule has 0 spiro atoms. The van der Waals surface area contributed by atoms with Crippen LogP contribution in [0.2, 0.25) is 10.0 Å². The number of benzene rings is 2. The third-order valence-corrected chi connectivity index (χ3v) is 12.0. The van der Waals surface area contributed by atoms with Gasteiger partial charge in [0.2, 0.25) is 10.0 Å². The maximum Gasteiger partial charge on any atom is 0.407 e. The number of carbonyl (C=O) groups is 2. The highest BCUT2D eigenvalue weighted by Gasteiger charge is 2.39. The van der Waals surface area contributed by atoms with E-state index < -0.39 is 39.9 Å². The molecule has 0 radical (unpaired) electrons. The van der Waals surface area contributed by atoms with Crippen molar-refractivity contribution >= 4 is 45.1 Å². The molecule has 0 unspecified atom stereocenters. The van der Waals surface area contributed by atoms with E-state index in [2.05, 4.69) is 15.6 Å². The summed E-state index contributed by atoms with van der Waals surface area (Å²) in [5, 5.41) is 7.03. The first-order valence-electron chi connectivity index (χ1n) is 16.3. The number of ether oxygens (including phenoxy) is 2. The van der Waals surface area contributed by atoms with Crippen LogP contribution in [0, 0.1) is 11.7 Å². The molecular weight excluding hydrogens is 694 g/mol. The van der Waals surface area contributed by atoms with Gasteiger partial charge in [-0.2, -0.15) is 4.31 Å². The van der Waals surface area contributed by atoms with Gasteiger partial charge in [-0.15, -0.1) is 0 Å². The molecule has 4 atom stereocenters. The molecule has 49 heavy (non-hydrogen) atoms. The van der Waals surface area contributed by atoms with Crippen LogP contribution in [0.3, 0.4) is 0 Å². The highest BCUT2D eigenvalue weighted by atomic mass is 35.5. The first-order chi connectivity index (χ1) is 23.5. The second-order valence-corrected chi connectivity index (χ2v) is 15.2. The zero-order valence-corrected chi connectivity index (χ0v) is 29.7. The predicted octanol–water partition coefficient (Wildman–Crippen LogP) is 5.56. The van der Waals surface area contributed by atoms with Crippen molar-refractivity contribution in [3.63, 3.8) is 0 Å². The number of alkyl carbamates (subject to hydrolysis) is 1. The number of pyridine rings is 1. The van der Waals surface area contributed by atoms with Crippen LogP contribution in [-0.4, -0.2) is 81.1 Å². The Morgan fingerprint density at radius 1 is 1.06 bits per heavy atom. The minimum Gasteiger partial charge on any atom is -0.453 e. The molecule has 1 aromatic heterocycles. The molecule has 2 aliphatic heterocycles. The average molecular weight is 736 g/mol. The Kier molecular flexibility index (Phi) is 12.7. The maximum absolute atomic E-state index is 15.5. The summed E-state index contributed by atoms with van der Waals surface area (Å²) in [5.74, 6) is -1.37. The second-order valence-electron chi connectivity index (χ2n) is 12.5. The van der Waals surface area contributed by atoms with Crippen LogP contribution in [0.1, 0.15) is 48.8 Å². The Labute approximate surface area is 296 Å². The van der Waals surface area contributed by atoms with Gasteiger partial charge in [0, 0.05) is 67.0 Å². The smallest absolute Gasteiger partial charge is 0.407 e. The second kappa shape index (κ2) is 16.7. The molecule has 3 heterocycles. The molecule has 264 valence electrons. The van der Waals surface area contributed by atoms with Gasteiger partial charge in [0.25, 0.3) is 0 Å². The van der Waals surface area contributed by atoms with Gasteiger partial charge in [0.1, 0.15) is 5.82 Å². The van der Waals surface area contributed by atoms with Crippen molar-refractivity contribution in [3.8, 4) is 0 Å². The van der Waals surface area contributed by atoms with Crippen molar-refractivity contribution in [1.82, 2.24) is 19.9 Å². The van der Waals surface area contributed by atoms with E-state index in [1.54, 1.807) is 12.1 Å². The molecule has 2 aliphatic rings. The lowest BCUT2D eigenvalue weighted by molar-refractivity contribution is -0.121. The van der Waals surface area contributed by atoms with Crippen molar-refractivity contribution in [2.75, 3.05) is 33.4 Å². The summed E-state index contributed by atoms with van der Waals surface area (Å²) in [6, 6.07) is 11.4. The zero-order chi connectivity index (χ0) is 35.1. The van der Waals surface area contributed by atoms with Gasteiger partial charge in [-0.05, 0) is 91.6 Å². The highest BCUT2D eigenvalue weighted by molar-refractivity contribution is 7.89. The number of hydrogen-bond acceptors (Lipinski definition) is 8. The molecule has 5 rings (SSSR count). The zero-order valence-electron chi connectivity index (χ0n) is 27.4. The van der Waals surface area contributed by atoms with E-state index in [1.807, 2.05) is 19.1 Å². The van der Waals surface area contributed by atoms with Gasteiger partial charge in [0.15, 0.2) is 5.78 Å². The summed E-state index contributed by atoms with van der Waals surface area (Å²) in [7, 11) is -2.66. The number of methoxy groups -OCH3 is 1. The fraction of sp³-hybridized carbons (Fsp3) is 0.457. The van der Waals surface area contributed by atoms with Crippen LogP contribution in [0.5, 0.6) is 0 Å². The number of aromatic nitrogens is 1. The number of ketones is 1. The summed E-state index contributed by atoms with van der Waals surface area (Å²) in [4.78, 5) is 31.1. The summed E-state index contributed by atoms with van der Waals surface area (Å²) >= 11 is 12.2. The molecule has 0 bridgehead atoms. The van der Waals surface area contributed by atoms with Crippen molar-refractivity contribution in [2.45, 2.75) is 68.0 Å². The number of nitrogens with zero attached hydrogens (tertiary/aromatic N) is 2. The summed E-state index contributed by atoms with van der Waals surface area (Å²) in [6.07, 6.45) is 3.37. The molecule has 2 fully saturated rings. The molecule has 10 nitrogen and oxygen atoms in total. The van der Waals surface area contributed by atoms with Gasteiger partial charge < -0.3 is 20.1 Å². The van der Waals surface area contributed by atoms with E-state index in [4.69, 9.17) is 32.7 Å². The normalized spacial score (nSPS) is 20.3. The SMILES string of the molecule is COC(=O)N[C@H](C(=O)Cc1cncc(F)c1CC[C@H]1CNC[C@@H](C)N1S(=O)(=O)c1ccc(Cl)cc1)[C@@H](c1ccc(Cl)cc1)C1CCOCC1. The summed E-state index contributed by atoms with van der Waals surface area (Å²) in [5.41, 5.74) is 1.47. The number of carbonyl (C=O) groups excluding carboxylic acids is 2. The van der Waals surface area contributed by atoms with Crippen LogP contribution < -0.4 is 10.6 Å². The maximum atomic E-state index is 15.5. The van der Waals surface area contributed by atoms with Gasteiger partial charge in [-0.1, -0.05) is 35.3 Å². The number of Topliss-reactive ketones (excluding diaryl/α,β-unsaturated/α-hetero) is 1. The van der Waals surface area contributed by atoms with Crippen molar-refractivity contribution in [3.05, 3.63) is 93.5 Å². The molecule has 0 saturated carbocycles. The lowest BCUT2D eigenvalue weighted by Gasteiger charge is -2.40. The van der Waals surface area contributed by atoms with E-state index >= 15 is 4.39 Å². The molecule has 3 aromatic rings. The third kappa shape index (κ3) is 8.97. The fourth-order valence-corrected chi connectivity index (χ4v) is 9.08. The van der Waals surface area contributed by atoms with Crippen LogP contribution in [0.25, 0.3) is 0 Å². The van der Waals surface area contributed by atoms with Crippen molar-refractivity contribution < 1.29 is 31.9 Å². The van der Waals surface area contributed by atoms with E-state index in [1.165, 1.54) is 41.9 Å². The minimum absolute atomic E-state index is 0.000463. The largest absolute Gasteiger partial charge is 0.453 e. The highest BCUT2D eigenvalue weighted by Crippen LogP contribution is 2.37. The molecule has 0 aliphatic carbocycles. The number of sulfonamides is 1. The first-order valence-corrected chi connectivity index (χ1v) is 18.5. The Balaban J connectivity index is 1.42. The molecule has 2 N–H and O–H groups in total. The fourth-order valence-electron chi connectivity index (χ4n) is 6.99. The molecule has 1 amide bonds. The molecule has 2 aromatic carbocycles. The average Bonchev–Trinajstić information content (AvgIpc) is 3.09. The van der Waals surface area contributed by atoms with Crippen molar-refractivity contribution in [2.24, 2.45) is 5.92 Å². The Morgan fingerprint density at radius 3 is 2.37 bits per heavy atom. The number of amides is 1. The van der Waals surface area contributed by atoms with Crippen LogP contribution in [0.15, 0.2) is 65.8 Å². The standard InChI is InChI=1S/C35H41Cl2FN4O6S/c1-22-18-39-20-28(42(22)49(45,46)29-10-7-27(37)8-11-29)9-12-30-25(19-40-21-31(30)38)17-32(43)34(41-35(44)47-2)33(24-13-15-48-16-14-24)23-3-5-26(36)6-4-23/h3-8,10-11,19,21-22,24,28,33-34,39H,9,12-18,20H2,1-2H3,(H,41,44)/t22-,28+,33+,34-/m1/s1. The minimum atomic E-state index is -3.89. The molecule has 2 saturated heterocycles. The number of piperazine rings is 1. The third-order valence-electron chi connectivity index (χ3n) is 9.38. The van der Waals surface area contributed by atoms with Gasteiger partial charge in [0.05, 0.1) is 24.2 Å². The van der Waals surface area contributed by atoms with Crippen molar-refractivity contribution in [1.29, 1.82) is 0 Å². The first kappa shape index (κ1) is 37.1. The van der Waals surface area contributed by atoms with Crippen LogP contribution in [-0.2, 0) is 37.1 Å². The Bertz CT molecular complexity index is 1710. The Morgan fingerprint density at radius 2 is 1.71 bits per heavy atom. The number of halogens is 3. The van der Waals surface area contributed by atoms with Gasteiger partial charge >= 0.3 is 6.09 Å². The number of hydrogen-bond donors (Lipinski definition) is 2. The van der Waals surface area contributed by atoms with E-state index in [0.29, 0.717) is 54.8 Å². The van der Waals surface area contributed by atoms with E-state index in [0.717, 1.165) is 11.8 Å². The van der Waals surface area contributed by atoms with E-state index in [-0.39, 0.29) is 47.5 Å². The predicted molar refractivity (Wildman–Crippen MR) is 185 cm³/mol. The lowest BCUT2D eigenvalue weighted by atomic mass is 9.74. The topological polar surface area (TPSA) is 127 Å².